The maximum Gasteiger partial charge on any atom is 0.472 e. The highest BCUT2D eigenvalue weighted by Gasteiger charge is 2.25. The molecule has 0 aromatic carbocycles. The van der Waals surface area contributed by atoms with Gasteiger partial charge in [0, 0.05) is 19.4 Å². The molecule has 0 aliphatic heterocycles. The number of ether oxygens (including phenoxy) is 2. The van der Waals surface area contributed by atoms with Crippen LogP contribution in [0.25, 0.3) is 0 Å². The number of carbonyl (C=O) groups excluding carboxylic acids is 2. The average molecular weight is 846 g/mol. The molecule has 3 N–H and O–H groups in total. The van der Waals surface area contributed by atoms with Crippen molar-refractivity contribution in [1.29, 1.82) is 0 Å². The molecule has 0 radical (unpaired) electrons. The molecular formula is C49H84NO8P. The van der Waals surface area contributed by atoms with Gasteiger partial charge in [0.1, 0.15) is 6.61 Å². The zero-order chi connectivity index (χ0) is 43.2. The van der Waals surface area contributed by atoms with Gasteiger partial charge in [-0.2, -0.15) is 0 Å². The van der Waals surface area contributed by atoms with Crippen molar-refractivity contribution in [3.63, 3.8) is 0 Å². The largest absolute Gasteiger partial charge is 0.472 e. The number of unbranched alkanes of at least 4 members (excludes halogenated alkanes) is 15. The minimum atomic E-state index is -4.40. The second kappa shape index (κ2) is 44.7. The second-order valence-corrected chi connectivity index (χ2v) is 16.3. The molecule has 0 heterocycles. The third kappa shape index (κ3) is 44.6. The summed E-state index contributed by atoms with van der Waals surface area (Å²) in [6.45, 7) is 3.52. The average Bonchev–Trinajstić information content (AvgIpc) is 3.22. The lowest BCUT2D eigenvalue weighted by atomic mass is 10.1. The summed E-state index contributed by atoms with van der Waals surface area (Å²) in [5.74, 6) is -0.936. The van der Waals surface area contributed by atoms with Crippen molar-refractivity contribution >= 4 is 19.8 Å². The molecule has 10 heteroatoms. The molecule has 9 nitrogen and oxygen atoms in total. The Balaban J connectivity index is 4.25. The first-order valence-corrected chi connectivity index (χ1v) is 24.6. The lowest BCUT2D eigenvalue weighted by Crippen LogP contribution is -2.29. The monoisotopic (exact) mass is 846 g/mol. The molecule has 0 amide bonds. The molecule has 2 atom stereocenters. The van der Waals surface area contributed by atoms with E-state index in [9.17, 15) is 19.0 Å². The van der Waals surface area contributed by atoms with E-state index in [4.69, 9.17) is 24.3 Å². The molecule has 0 rings (SSSR count). The summed E-state index contributed by atoms with van der Waals surface area (Å²) >= 11 is 0. The maximum atomic E-state index is 12.6. The summed E-state index contributed by atoms with van der Waals surface area (Å²) in [4.78, 5) is 34.9. The summed E-state index contributed by atoms with van der Waals surface area (Å²) < 4.78 is 32.7. The summed E-state index contributed by atoms with van der Waals surface area (Å²) in [6, 6.07) is 0. The molecule has 0 aromatic rings. The number of phosphoric acid groups is 1. The molecule has 1 unspecified atom stereocenters. The molecular weight excluding hydrogens is 762 g/mol. The lowest BCUT2D eigenvalue weighted by Gasteiger charge is -2.19. The van der Waals surface area contributed by atoms with Crippen molar-refractivity contribution in [2.45, 2.75) is 187 Å². The van der Waals surface area contributed by atoms with Crippen LogP contribution in [0.4, 0.5) is 0 Å². The van der Waals surface area contributed by atoms with Gasteiger partial charge in [-0.1, -0.05) is 176 Å². The van der Waals surface area contributed by atoms with Crippen LogP contribution in [0, 0.1) is 0 Å². The maximum absolute atomic E-state index is 12.6. The molecule has 0 aliphatic carbocycles. The quantitative estimate of drug-likeness (QED) is 0.0266. The van der Waals surface area contributed by atoms with Gasteiger partial charge >= 0.3 is 19.8 Å². The lowest BCUT2D eigenvalue weighted by molar-refractivity contribution is -0.161. The fourth-order valence-corrected chi connectivity index (χ4v) is 6.65. The van der Waals surface area contributed by atoms with Gasteiger partial charge in [-0.3, -0.25) is 18.6 Å². The van der Waals surface area contributed by atoms with E-state index in [1.165, 1.54) is 77.0 Å². The van der Waals surface area contributed by atoms with Gasteiger partial charge < -0.3 is 20.1 Å². The molecule has 59 heavy (non-hydrogen) atoms. The molecule has 0 fully saturated rings. The smallest absolute Gasteiger partial charge is 0.462 e. The van der Waals surface area contributed by atoms with Gasteiger partial charge in [-0.15, -0.1) is 0 Å². The van der Waals surface area contributed by atoms with Crippen molar-refractivity contribution in [2.24, 2.45) is 5.73 Å². The Hall–Kier alpha value is -2.81. The number of hydrogen-bond acceptors (Lipinski definition) is 8. The Labute approximate surface area is 360 Å². The predicted molar refractivity (Wildman–Crippen MR) is 247 cm³/mol. The third-order valence-corrected chi connectivity index (χ3v) is 10.3. The Morgan fingerprint density at radius 3 is 1.46 bits per heavy atom. The summed E-state index contributed by atoms with van der Waals surface area (Å²) in [6.07, 6.45) is 56.3. The predicted octanol–water partition coefficient (Wildman–Crippen LogP) is 13.6. The van der Waals surface area contributed by atoms with E-state index in [-0.39, 0.29) is 32.6 Å². The van der Waals surface area contributed by atoms with Gasteiger partial charge in [0.2, 0.25) is 0 Å². The first kappa shape index (κ1) is 56.2. The summed E-state index contributed by atoms with van der Waals surface area (Å²) in [5.41, 5.74) is 5.35. The molecule has 0 spiro atoms. The number of nitrogens with two attached hydrogens (primary N) is 1. The van der Waals surface area contributed by atoms with Crippen LogP contribution in [0.5, 0.6) is 0 Å². The molecule has 338 valence electrons. The number of rotatable bonds is 42. The highest BCUT2D eigenvalue weighted by molar-refractivity contribution is 7.47. The molecule has 0 saturated heterocycles. The van der Waals surface area contributed by atoms with Crippen LogP contribution in [-0.2, 0) is 32.7 Å². The Morgan fingerprint density at radius 1 is 0.525 bits per heavy atom. The topological polar surface area (TPSA) is 134 Å². The van der Waals surface area contributed by atoms with Gasteiger partial charge in [-0.05, 0) is 77.0 Å². The van der Waals surface area contributed by atoms with E-state index in [2.05, 4.69) is 86.8 Å². The highest BCUT2D eigenvalue weighted by atomic mass is 31.2. The van der Waals surface area contributed by atoms with E-state index in [0.29, 0.717) is 12.8 Å². The van der Waals surface area contributed by atoms with Gasteiger partial charge in [-0.25, -0.2) is 4.57 Å². The molecule has 0 bridgehead atoms. The van der Waals surface area contributed by atoms with E-state index >= 15 is 0 Å². The van der Waals surface area contributed by atoms with Crippen LogP contribution in [0.2, 0.25) is 0 Å². The fraction of sp³-hybridized carbons (Fsp3) is 0.673. The van der Waals surface area contributed by atoms with E-state index in [0.717, 1.165) is 64.2 Å². The van der Waals surface area contributed by atoms with Crippen LogP contribution in [0.1, 0.15) is 181 Å². The van der Waals surface area contributed by atoms with Crippen LogP contribution >= 0.6 is 7.82 Å². The number of allylic oxidation sites excluding steroid dienone is 14. The van der Waals surface area contributed by atoms with Gasteiger partial charge in [0.05, 0.1) is 13.2 Å². The summed E-state index contributed by atoms with van der Waals surface area (Å²) in [5, 5.41) is 0. The van der Waals surface area contributed by atoms with Gasteiger partial charge in [0.15, 0.2) is 6.10 Å². The SMILES string of the molecule is CC/C=C\C/C=C\C/C=C\C/C=C\C/C=C\C/C=C\CCC(=O)OC[C@H](COP(=O)(O)OCCN)OC(=O)CCCCCCCCC/C=C\CCCCCCCCCC. The summed E-state index contributed by atoms with van der Waals surface area (Å²) in [7, 11) is -4.40. The Kier molecular flexibility index (Phi) is 42.6. The molecule has 0 saturated carbocycles. The van der Waals surface area contributed by atoms with Crippen molar-refractivity contribution in [2.75, 3.05) is 26.4 Å². The number of esters is 2. The van der Waals surface area contributed by atoms with Crippen molar-refractivity contribution in [1.82, 2.24) is 0 Å². The minimum absolute atomic E-state index is 0.0392. The second-order valence-electron chi connectivity index (χ2n) is 14.9. The third-order valence-electron chi connectivity index (χ3n) is 9.28. The number of phosphoric ester groups is 1. The first-order chi connectivity index (χ1) is 28.8. The standard InChI is InChI=1S/C49H84NO8P/c1-3-5-7-9-11-13-15-17-19-21-23-25-27-29-31-33-35-37-39-41-48(51)55-45-47(46-57-59(53,54)56-44-43-50)58-49(52)42-40-38-36-34-32-30-28-26-24-22-20-18-16-14-12-10-8-6-4-2/h5,7,11,13,17,19,22-25,29,31,35,37,47H,3-4,6,8-10,12,14-16,18,20-21,26-28,30,32-34,36,38-46,50H2,1-2H3,(H,53,54)/b7-5-,13-11-,19-17-,24-22-,25-23-,31-29-,37-35-/t47-/m1/s1. The van der Waals surface area contributed by atoms with Crippen molar-refractivity contribution in [3.05, 3.63) is 85.1 Å². The van der Waals surface area contributed by atoms with Gasteiger partial charge in [0.25, 0.3) is 0 Å². The minimum Gasteiger partial charge on any atom is -0.462 e. The van der Waals surface area contributed by atoms with Crippen LogP contribution < -0.4 is 5.73 Å². The zero-order valence-corrected chi connectivity index (χ0v) is 38.1. The van der Waals surface area contributed by atoms with Crippen LogP contribution in [-0.4, -0.2) is 49.3 Å². The van der Waals surface area contributed by atoms with E-state index < -0.39 is 32.5 Å². The van der Waals surface area contributed by atoms with Crippen molar-refractivity contribution in [3.8, 4) is 0 Å². The number of hydrogen-bond donors (Lipinski definition) is 2. The van der Waals surface area contributed by atoms with Crippen LogP contribution in [0.15, 0.2) is 85.1 Å². The van der Waals surface area contributed by atoms with Crippen molar-refractivity contribution < 1.29 is 37.6 Å². The highest BCUT2D eigenvalue weighted by Crippen LogP contribution is 2.43. The van der Waals surface area contributed by atoms with Crippen LogP contribution in [0.3, 0.4) is 0 Å². The Bertz CT molecular complexity index is 1240. The number of carbonyl (C=O) groups is 2. The molecule has 0 aliphatic rings. The zero-order valence-electron chi connectivity index (χ0n) is 37.2. The van der Waals surface area contributed by atoms with E-state index in [1.54, 1.807) is 0 Å². The normalized spacial score (nSPS) is 14.0. The first-order valence-electron chi connectivity index (χ1n) is 23.1. The Morgan fingerprint density at radius 2 is 0.966 bits per heavy atom. The van der Waals surface area contributed by atoms with E-state index in [1.807, 2.05) is 12.2 Å². The molecule has 0 aromatic heterocycles. The fourth-order valence-electron chi connectivity index (χ4n) is 5.89.